The number of nitrogens with zero attached hydrogens (tertiary/aromatic N) is 3. The van der Waals surface area contributed by atoms with Gasteiger partial charge in [-0.1, -0.05) is 11.6 Å². The first-order valence-corrected chi connectivity index (χ1v) is 6.60. The lowest BCUT2D eigenvalue weighted by Crippen LogP contribution is -2.34. The Labute approximate surface area is 129 Å². The van der Waals surface area contributed by atoms with Gasteiger partial charge in [0.25, 0.3) is 5.91 Å². The van der Waals surface area contributed by atoms with Crippen LogP contribution < -0.4 is 5.32 Å². The van der Waals surface area contributed by atoms with Crippen molar-refractivity contribution in [2.75, 3.05) is 6.54 Å². The van der Waals surface area contributed by atoms with E-state index in [1.54, 1.807) is 25.2 Å². The van der Waals surface area contributed by atoms with Crippen molar-refractivity contribution in [2.24, 2.45) is 0 Å². The van der Waals surface area contributed by atoms with Crippen LogP contribution in [-0.2, 0) is 0 Å². The molecule has 0 saturated heterocycles. The lowest BCUT2D eigenvalue weighted by atomic mass is 10.3. The molecule has 1 N–H and O–H groups in total. The van der Waals surface area contributed by atoms with Crippen LogP contribution >= 0.6 is 11.6 Å². The number of halogens is 4. The highest BCUT2D eigenvalue weighted by molar-refractivity contribution is 6.33. The molecule has 0 aliphatic carbocycles. The molecule has 1 amide bonds. The van der Waals surface area contributed by atoms with Crippen molar-refractivity contribution in [2.45, 2.75) is 20.0 Å². The first-order valence-electron chi connectivity index (χ1n) is 6.22. The summed E-state index contributed by atoms with van der Waals surface area (Å²) in [5, 5.41) is 5.90. The molecule has 22 heavy (non-hydrogen) atoms. The molecule has 0 aliphatic heterocycles. The number of rotatable bonds is 3. The fraction of sp³-hybridized carbons (Fsp3) is 0.308. The van der Waals surface area contributed by atoms with Crippen molar-refractivity contribution in [1.29, 1.82) is 0 Å². The second-order valence-electron chi connectivity index (χ2n) is 4.64. The van der Waals surface area contributed by atoms with E-state index in [4.69, 9.17) is 11.6 Å². The molecule has 2 rings (SSSR count). The largest absolute Gasteiger partial charge is 0.405 e. The average molecular weight is 333 g/mol. The second kappa shape index (κ2) is 5.96. The van der Waals surface area contributed by atoms with Gasteiger partial charge in [-0.25, -0.2) is 9.67 Å². The number of nitrogens with one attached hydrogen (secondary N) is 1. The molecular formula is C13H12ClF3N4O. The molecule has 2 heterocycles. The highest BCUT2D eigenvalue weighted by Gasteiger charge is 2.28. The average Bonchev–Trinajstić information content (AvgIpc) is 2.75. The first kappa shape index (κ1) is 16.3. The van der Waals surface area contributed by atoms with E-state index in [1.165, 1.54) is 16.8 Å². The summed E-state index contributed by atoms with van der Waals surface area (Å²) in [4.78, 5) is 15.8. The molecule has 0 fully saturated rings. The summed E-state index contributed by atoms with van der Waals surface area (Å²) in [5.74, 6) is -0.696. The smallest absolute Gasteiger partial charge is 0.342 e. The molecule has 0 atom stereocenters. The maximum atomic E-state index is 12.1. The van der Waals surface area contributed by atoms with E-state index in [2.05, 4.69) is 10.1 Å². The molecule has 0 aliphatic rings. The number of aryl methyl sites for hydroxylation is 2. The minimum Gasteiger partial charge on any atom is -0.342 e. The Kier molecular flexibility index (Phi) is 4.41. The van der Waals surface area contributed by atoms with Crippen LogP contribution in [0.2, 0.25) is 5.02 Å². The quantitative estimate of drug-likeness (QED) is 0.940. The Bertz CT molecular complexity index is 712. The Morgan fingerprint density at radius 1 is 1.36 bits per heavy atom. The van der Waals surface area contributed by atoms with Gasteiger partial charge >= 0.3 is 6.18 Å². The van der Waals surface area contributed by atoms with Gasteiger partial charge in [0.2, 0.25) is 0 Å². The van der Waals surface area contributed by atoms with Gasteiger partial charge in [0.1, 0.15) is 12.2 Å². The molecule has 0 spiro atoms. The predicted molar refractivity (Wildman–Crippen MR) is 74.2 cm³/mol. The molecule has 0 bridgehead atoms. The fourth-order valence-electron chi connectivity index (χ4n) is 1.83. The zero-order valence-electron chi connectivity index (χ0n) is 11.7. The third kappa shape index (κ3) is 3.76. The number of carbonyl (C=O) groups is 1. The minimum atomic E-state index is -4.50. The molecular weight excluding hydrogens is 321 g/mol. The van der Waals surface area contributed by atoms with Crippen molar-refractivity contribution < 1.29 is 18.0 Å². The van der Waals surface area contributed by atoms with Crippen molar-refractivity contribution >= 4 is 17.5 Å². The lowest BCUT2D eigenvalue weighted by Gasteiger charge is -2.10. The zero-order chi connectivity index (χ0) is 16.5. The van der Waals surface area contributed by atoms with E-state index >= 15 is 0 Å². The van der Waals surface area contributed by atoms with Gasteiger partial charge < -0.3 is 5.32 Å². The first-order chi connectivity index (χ1) is 10.2. The summed E-state index contributed by atoms with van der Waals surface area (Å²) < 4.78 is 37.9. The summed E-state index contributed by atoms with van der Waals surface area (Å²) >= 11 is 5.84. The summed E-state index contributed by atoms with van der Waals surface area (Å²) in [6, 6.07) is 4.73. The van der Waals surface area contributed by atoms with Crippen LogP contribution in [0.3, 0.4) is 0 Å². The number of alkyl halides is 3. The van der Waals surface area contributed by atoms with Crippen LogP contribution in [-0.4, -0.2) is 33.4 Å². The van der Waals surface area contributed by atoms with Gasteiger partial charge in [-0.2, -0.15) is 18.3 Å². The highest BCUT2D eigenvalue weighted by atomic mass is 35.5. The van der Waals surface area contributed by atoms with E-state index in [0.717, 1.165) is 11.4 Å². The van der Waals surface area contributed by atoms with Gasteiger partial charge in [-0.05, 0) is 32.0 Å². The van der Waals surface area contributed by atoms with Gasteiger partial charge in [0.05, 0.1) is 10.7 Å². The van der Waals surface area contributed by atoms with Crippen LogP contribution in [0.25, 0.3) is 5.82 Å². The van der Waals surface area contributed by atoms with Crippen molar-refractivity contribution in [1.82, 2.24) is 20.1 Å². The molecule has 0 aromatic carbocycles. The normalized spacial score (nSPS) is 11.5. The van der Waals surface area contributed by atoms with E-state index < -0.39 is 18.6 Å². The van der Waals surface area contributed by atoms with Crippen molar-refractivity contribution in [3.05, 3.63) is 40.3 Å². The molecule has 0 saturated carbocycles. The zero-order valence-corrected chi connectivity index (χ0v) is 12.5. The van der Waals surface area contributed by atoms with Crippen LogP contribution in [0.5, 0.6) is 0 Å². The Morgan fingerprint density at radius 3 is 2.59 bits per heavy atom. The summed E-state index contributed by atoms with van der Waals surface area (Å²) in [7, 11) is 0. The Hall–Kier alpha value is -2.09. The van der Waals surface area contributed by atoms with E-state index in [-0.39, 0.29) is 10.7 Å². The summed E-state index contributed by atoms with van der Waals surface area (Å²) in [5.41, 5.74) is 1.24. The van der Waals surface area contributed by atoms with Gasteiger partial charge in [-0.3, -0.25) is 4.79 Å². The Morgan fingerprint density at radius 2 is 2.05 bits per heavy atom. The molecule has 2 aromatic heterocycles. The third-order valence-corrected chi connectivity index (χ3v) is 3.03. The predicted octanol–water partition coefficient (Wildman–Crippen LogP) is 2.83. The molecule has 9 heteroatoms. The number of pyridine rings is 1. The molecule has 2 aromatic rings. The molecule has 0 radical (unpaired) electrons. The molecule has 5 nitrogen and oxygen atoms in total. The van der Waals surface area contributed by atoms with E-state index in [0.29, 0.717) is 5.82 Å². The van der Waals surface area contributed by atoms with Crippen molar-refractivity contribution in [3.8, 4) is 5.82 Å². The molecule has 0 unspecified atom stereocenters. The van der Waals surface area contributed by atoms with Gasteiger partial charge in [0.15, 0.2) is 5.82 Å². The maximum Gasteiger partial charge on any atom is 0.405 e. The fourth-order valence-corrected chi connectivity index (χ4v) is 2.03. The molecule has 118 valence electrons. The van der Waals surface area contributed by atoms with Crippen molar-refractivity contribution in [3.63, 3.8) is 0 Å². The number of carbonyl (C=O) groups excluding carboxylic acids is 1. The standard InChI is InChI=1S/C13H12ClF3N4O/c1-7-5-8(2)21(20-7)10-4-3-9(14)11(19-10)12(22)18-6-13(15,16)17/h3-5H,6H2,1-2H3,(H,18,22). The number of amides is 1. The van der Waals surface area contributed by atoms with Crippen LogP contribution in [0.1, 0.15) is 21.9 Å². The second-order valence-corrected chi connectivity index (χ2v) is 5.04. The van der Waals surface area contributed by atoms with Crippen LogP contribution in [0.15, 0.2) is 18.2 Å². The summed E-state index contributed by atoms with van der Waals surface area (Å²) in [6.07, 6.45) is -4.50. The monoisotopic (exact) mass is 332 g/mol. The van der Waals surface area contributed by atoms with Crippen LogP contribution in [0, 0.1) is 13.8 Å². The minimum absolute atomic E-state index is 0.0371. The van der Waals surface area contributed by atoms with Gasteiger partial charge in [-0.15, -0.1) is 0 Å². The third-order valence-electron chi connectivity index (χ3n) is 2.72. The summed E-state index contributed by atoms with van der Waals surface area (Å²) in [6.45, 7) is 2.13. The highest BCUT2D eigenvalue weighted by Crippen LogP contribution is 2.18. The number of aromatic nitrogens is 3. The Balaban J connectivity index is 2.31. The lowest BCUT2D eigenvalue weighted by molar-refractivity contribution is -0.123. The topological polar surface area (TPSA) is 59.8 Å². The van der Waals surface area contributed by atoms with E-state index in [1.807, 2.05) is 0 Å². The van der Waals surface area contributed by atoms with Gasteiger partial charge in [0, 0.05) is 5.69 Å². The maximum absolute atomic E-state index is 12.1. The number of hydrogen-bond acceptors (Lipinski definition) is 3. The number of hydrogen-bond donors (Lipinski definition) is 1. The SMILES string of the molecule is Cc1cc(C)n(-c2ccc(Cl)c(C(=O)NCC(F)(F)F)n2)n1. The van der Waals surface area contributed by atoms with Crippen LogP contribution in [0.4, 0.5) is 13.2 Å². The van der Waals surface area contributed by atoms with E-state index in [9.17, 15) is 18.0 Å².